The van der Waals surface area contributed by atoms with Crippen LogP contribution in [0.3, 0.4) is 0 Å². The number of rotatable bonds is 3. The van der Waals surface area contributed by atoms with Gasteiger partial charge >= 0.3 is 0 Å². The predicted molar refractivity (Wildman–Crippen MR) is 40.2 cm³/mol. The number of hydrogen-bond donors (Lipinski definition) is 0. The Morgan fingerprint density at radius 3 is 2.11 bits per heavy atom. The summed E-state index contributed by atoms with van der Waals surface area (Å²) in [5, 5.41) is 0. The maximum atomic E-state index is 5.01. The van der Waals surface area contributed by atoms with E-state index in [2.05, 4.69) is 27.4 Å². The Morgan fingerprint density at radius 2 is 2.00 bits per heavy atom. The van der Waals surface area contributed by atoms with Gasteiger partial charge in [0.1, 0.15) is 0 Å². The first-order valence-electron chi connectivity index (χ1n) is 3.28. The van der Waals surface area contributed by atoms with Crippen molar-refractivity contribution >= 4 is 0 Å². The number of ether oxygens (including phenoxy) is 1. The molecular weight excluding hydrogens is 112 g/mol. The Labute approximate surface area is 57.7 Å². The average Bonchev–Trinajstić information content (AvgIpc) is 1.86. The zero-order chi connectivity index (χ0) is 7.49. The van der Waals surface area contributed by atoms with Gasteiger partial charge in [-0.15, -0.1) is 0 Å². The van der Waals surface area contributed by atoms with Gasteiger partial charge in [0.15, 0.2) is 0 Å². The van der Waals surface area contributed by atoms with Crippen molar-refractivity contribution in [2.24, 2.45) is 5.41 Å². The second-order valence-corrected chi connectivity index (χ2v) is 2.86. The fourth-order valence-electron chi connectivity index (χ4n) is 0.473. The predicted octanol–water partition coefficient (Wildman–Crippen LogP) is 2.58. The Kier molecular flexibility index (Phi) is 2.75. The lowest BCUT2D eigenvalue weighted by Crippen LogP contribution is -2.13. The van der Waals surface area contributed by atoms with Gasteiger partial charge in [-0.3, -0.25) is 0 Å². The van der Waals surface area contributed by atoms with Crippen LogP contribution < -0.4 is 0 Å². The van der Waals surface area contributed by atoms with Crippen LogP contribution in [0.4, 0.5) is 0 Å². The summed E-state index contributed by atoms with van der Waals surface area (Å²) in [4.78, 5) is 0. The van der Waals surface area contributed by atoms with Gasteiger partial charge in [0.2, 0.25) is 0 Å². The normalized spacial score (nSPS) is 11.1. The molecule has 0 unspecified atom stereocenters. The summed E-state index contributed by atoms with van der Waals surface area (Å²) < 4.78 is 5.01. The van der Waals surface area contributed by atoms with E-state index in [4.69, 9.17) is 4.74 Å². The Morgan fingerprint density at radius 1 is 1.56 bits per heavy atom. The minimum atomic E-state index is 0.134. The molecule has 0 bridgehead atoms. The van der Waals surface area contributed by atoms with Crippen molar-refractivity contribution in [2.45, 2.75) is 27.2 Å². The molecule has 0 atom stereocenters. The summed E-state index contributed by atoms with van der Waals surface area (Å²) in [7, 11) is 1.67. The molecule has 0 aromatic carbocycles. The van der Waals surface area contributed by atoms with E-state index in [9.17, 15) is 0 Å². The molecule has 1 heteroatoms. The van der Waals surface area contributed by atoms with Gasteiger partial charge in [0.25, 0.3) is 0 Å². The van der Waals surface area contributed by atoms with E-state index >= 15 is 0 Å². The molecule has 54 valence electrons. The van der Waals surface area contributed by atoms with Crippen molar-refractivity contribution < 1.29 is 4.74 Å². The topological polar surface area (TPSA) is 9.23 Å². The van der Waals surface area contributed by atoms with Crippen molar-refractivity contribution in [3.63, 3.8) is 0 Å². The molecule has 1 nitrogen and oxygen atoms in total. The third kappa shape index (κ3) is 2.08. The molecule has 0 spiro atoms. The van der Waals surface area contributed by atoms with Crippen LogP contribution in [0.5, 0.6) is 0 Å². The molecule has 0 aliphatic heterocycles. The summed E-state index contributed by atoms with van der Waals surface area (Å²) in [5.41, 5.74) is 0.134. The van der Waals surface area contributed by atoms with E-state index < -0.39 is 0 Å². The number of methoxy groups -OCH3 is 1. The SMILES string of the molecule is C=C(OC)C(C)(C)CC. The van der Waals surface area contributed by atoms with Crippen molar-refractivity contribution in [2.75, 3.05) is 7.11 Å². The molecule has 0 aliphatic carbocycles. The highest BCUT2D eigenvalue weighted by atomic mass is 16.5. The molecule has 0 radical (unpaired) electrons. The van der Waals surface area contributed by atoms with Crippen molar-refractivity contribution in [3.05, 3.63) is 12.3 Å². The second kappa shape index (κ2) is 2.90. The molecule has 0 aromatic heterocycles. The van der Waals surface area contributed by atoms with E-state index in [1.165, 1.54) is 0 Å². The van der Waals surface area contributed by atoms with Gasteiger partial charge in [0.05, 0.1) is 12.9 Å². The van der Waals surface area contributed by atoms with Crippen LogP contribution in [0.15, 0.2) is 12.3 Å². The molecular formula is C8H16O. The van der Waals surface area contributed by atoms with Crippen LogP contribution in [0.1, 0.15) is 27.2 Å². The highest BCUT2D eigenvalue weighted by Gasteiger charge is 2.19. The van der Waals surface area contributed by atoms with Gasteiger partial charge in [0, 0.05) is 5.41 Å². The number of allylic oxidation sites excluding steroid dienone is 1. The molecule has 0 heterocycles. The first-order chi connectivity index (χ1) is 4.04. The summed E-state index contributed by atoms with van der Waals surface area (Å²) in [6, 6.07) is 0. The van der Waals surface area contributed by atoms with Gasteiger partial charge in [-0.05, 0) is 6.42 Å². The molecule has 0 N–H and O–H groups in total. The molecule has 0 fully saturated rings. The number of hydrogen-bond acceptors (Lipinski definition) is 1. The molecule has 0 saturated heterocycles. The Balaban J connectivity index is 3.97. The minimum absolute atomic E-state index is 0.134. The summed E-state index contributed by atoms with van der Waals surface area (Å²) in [6.45, 7) is 10.2. The maximum Gasteiger partial charge on any atom is 0.0939 e. The average molecular weight is 128 g/mol. The minimum Gasteiger partial charge on any atom is -0.501 e. The Hall–Kier alpha value is -0.460. The molecule has 0 amide bonds. The van der Waals surface area contributed by atoms with E-state index in [0.29, 0.717) is 0 Å². The monoisotopic (exact) mass is 128 g/mol. The van der Waals surface area contributed by atoms with E-state index in [-0.39, 0.29) is 5.41 Å². The third-order valence-corrected chi connectivity index (χ3v) is 1.89. The van der Waals surface area contributed by atoms with Crippen molar-refractivity contribution in [1.29, 1.82) is 0 Å². The lowest BCUT2D eigenvalue weighted by atomic mass is 9.89. The summed E-state index contributed by atoms with van der Waals surface area (Å²) in [6.07, 6.45) is 1.07. The molecule has 0 rings (SSSR count). The van der Waals surface area contributed by atoms with Crippen molar-refractivity contribution in [3.8, 4) is 0 Å². The fraction of sp³-hybridized carbons (Fsp3) is 0.750. The van der Waals surface area contributed by atoms with Gasteiger partial charge in [-0.2, -0.15) is 0 Å². The molecule has 9 heavy (non-hydrogen) atoms. The maximum absolute atomic E-state index is 5.01. The highest BCUT2D eigenvalue weighted by Crippen LogP contribution is 2.28. The highest BCUT2D eigenvalue weighted by molar-refractivity contribution is 4.97. The second-order valence-electron chi connectivity index (χ2n) is 2.86. The van der Waals surface area contributed by atoms with E-state index in [1.807, 2.05) is 0 Å². The van der Waals surface area contributed by atoms with Gasteiger partial charge < -0.3 is 4.74 Å². The van der Waals surface area contributed by atoms with Crippen LogP contribution in [0, 0.1) is 5.41 Å². The summed E-state index contributed by atoms with van der Waals surface area (Å²) in [5.74, 6) is 0.866. The van der Waals surface area contributed by atoms with Crippen LogP contribution in [0.25, 0.3) is 0 Å². The molecule has 0 saturated carbocycles. The zero-order valence-electron chi connectivity index (χ0n) is 6.82. The quantitative estimate of drug-likeness (QED) is 0.531. The van der Waals surface area contributed by atoms with Gasteiger partial charge in [-0.1, -0.05) is 27.4 Å². The lowest BCUT2D eigenvalue weighted by molar-refractivity contribution is 0.192. The molecule has 0 aliphatic rings. The zero-order valence-corrected chi connectivity index (χ0v) is 6.82. The van der Waals surface area contributed by atoms with Crippen LogP contribution in [-0.2, 0) is 4.74 Å². The van der Waals surface area contributed by atoms with Crippen LogP contribution in [-0.4, -0.2) is 7.11 Å². The third-order valence-electron chi connectivity index (χ3n) is 1.89. The standard InChI is InChI=1S/C8H16O/c1-6-8(3,4)7(2)9-5/h2,6H2,1,3-5H3. The first-order valence-corrected chi connectivity index (χ1v) is 3.28. The van der Waals surface area contributed by atoms with Crippen molar-refractivity contribution in [1.82, 2.24) is 0 Å². The Bertz CT molecular complexity index is 103. The van der Waals surface area contributed by atoms with Gasteiger partial charge in [-0.25, -0.2) is 0 Å². The van der Waals surface area contributed by atoms with E-state index in [0.717, 1.165) is 12.2 Å². The lowest BCUT2D eigenvalue weighted by Gasteiger charge is -2.23. The smallest absolute Gasteiger partial charge is 0.0939 e. The molecule has 0 aromatic rings. The van der Waals surface area contributed by atoms with E-state index in [1.54, 1.807) is 7.11 Å². The fourth-order valence-corrected chi connectivity index (χ4v) is 0.473. The largest absolute Gasteiger partial charge is 0.501 e. The van der Waals surface area contributed by atoms with Crippen LogP contribution in [0.2, 0.25) is 0 Å². The summed E-state index contributed by atoms with van der Waals surface area (Å²) >= 11 is 0. The van der Waals surface area contributed by atoms with Crippen LogP contribution >= 0.6 is 0 Å². The first kappa shape index (κ1) is 8.54.